The first kappa shape index (κ1) is 21.9. The van der Waals surface area contributed by atoms with Gasteiger partial charge in [0.1, 0.15) is 11.4 Å². The first-order chi connectivity index (χ1) is 14.4. The van der Waals surface area contributed by atoms with Gasteiger partial charge in [-0.15, -0.1) is 0 Å². The summed E-state index contributed by atoms with van der Waals surface area (Å²) in [6, 6.07) is 8.17. The Morgan fingerprint density at radius 3 is 2.27 bits per heavy atom. The van der Waals surface area contributed by atoms with E-state index in [9.17, 15) is 9.59 Å². The van der Waals surface area contributed by atoms with Crippen molar-refractivity contribution in [2.24, 2.45) is 0 Å². The molecule has 0 saturated carbocycles. The van der Waals surface area contributed by atoms with Gasteiger partial charge in [-0.1, -0.05) is 12.1 Å². The van der Waals surface area contributed by atoms with Gasteiger partial charge >= 0.3 is 5.97 Å². The number of nitrogens with one attached hydrogen (secondary N) is 1. The minimum absolute atomic E-state index is 0.0631. The lowest BCUT2D eigenvalue weighted by molar-refractivity contribution is 0.0525. The zero-order valence-electron chi connectivity index (χ0n) is 18.3. The van der Waals surface area contributed by atoms with Crippen LogP contribution in [0, 0.1) is 13.8 Å². The molecule has 1 aromatic heterocycles. The van der Waals surface area contributed by atoms with Crippen LogP contribution in [0.5, 0.6) is 5.75 Å². The number of ether oxygens (including phenoxy) is 2. The monoisotopic (exact) mass is 413 g/mol. The highest BCUT2D eigenvalue weighted by atomic mass is 16.5. The second-order valence-electron chi connectivity index (χ2n) is 7.49. The fourth-order valence-electron chi connectivity index (χ4n) is 3.86. The van der Waals surface area contributed by atoms with E-state index in [1.807, 2.05) is 24.0 Å². The van der Waals surface area contributed by atoms with Crippen LogP contribution in [0.1, 0.15) is 51.5 Å². The van der Waals surface area contributed by atoms with Gasteiger partial charge in [-0.25, -0.2) is 4.79 Å². The van der Waals surface area contributed by atoms with Gasteiger partial charge < -0.3 is 19.4 Å². The van der Waals surface area contributed by atoms with Gasteiger partial charge in [0.05, 0.1) is 18.8 Å². The third kappa shape index (κ3) is 4.84. The standard InChI is InChI=1S/C23H31N3O4/c1-5-29-19-9-7-18(8-10-19)15-25-11-13-26(14-12-25)22(27)21-16(3)20(17(4)24-21)23(28)30-6-2/h7-10,24H,5-6,11-15H2,1-4H3. The van der Waals surface area contributed by atoms with E-state index in [4.69, 9.17) is 9.47 Å². The fraction of sp³-hybridized carbons (Fsp3) is 0.478. The van der Waals surface area contributed by atoms with Crippen LogP contribution in [0.2, 0.25) is 0 Å². The zero-order chi connectivity index (χ0) is 21.7. The van der Waals surface area contributed by atoms with Crippen molar-refractivity contribution in [1.29, 1.82) is 0 Å². The number of hydrogen-bond acceptors (Lipinski definition) is 5. The summed E-state index contributed by atoms with van der Waals surface area (Å²) in [6.07, 6.45) is 0. The normalized spacial score (nSPS) is 14.6. The largest absolute Gasteiger partial charge is 0.494 e. The topological polar surface area (TPSA) is 74.9 Å². The Labute approximate surface area is 178 Å². The molecule has 1 fully saturated rings. The zero-order valence-corrected chi connectivity index (χ0v) is 18.3. The van der Waals surface area contributed by atoms with E-state index in [1.54, 1.807) is 20.8 Å². The van der Waals surface area contributed by atoms with Crippen molar-refractivity contribution in [1.82, 2.24) is 14.8 Å². The van der Waals surface area contributed by atoms with E-state index in [1.165, 1.54) is 5.56 Å². The minimum Gasteiger partial charge on any atom is -0.494 e. The molecular weight excluding hydrogens is 382 g/mol. The number of rotatable bonds is 7. The molecule has 30 heavy (non-hydrogen) atoms. The number of aromatic amines is 1. The quantitative estimate of drug-likeness (QED) is 0.706. The average molecular weight is 414 g/mol. The molecule has 3 rings (SSSR count). The maximum Gasteiger partial charge on any atom is 0.340 e. The SMILES string of the molecule is CCOC(=O)c1c(C)[nH]c(C(=O)N2CCN(Cc3ccc(OCC)cc3)CC2)c1C. The summed E-state index contributed by atoms with van der Waals surface area (Å²) in [5, 5.41) is 0. The van der Waals surface area contributed by atoms with Gasteiger partial charge in [-0.05, 0) is 51.0 Å². The number of aromatic nitrogens is 1. The molecule has 0 unspecified atom stereocenters. The Bertz CT molecular complexity index is 881. The Hall–Kier alpha value is -2.80. The highest BCUT2D eigenvalue weighted by Gasteiger charge is 2.28. The molecule has 0 radical (unpaired) electrons. The molecule has 0 aliphatic carbocycles. The summed E-state index contributed by atoms with van der Waals surface area (Å²) < 4.78 is 10.6. The van der Waals surface area contributed by atoms with Crippen molar-refractivity contribution < 1.29 is 19.1 Å². The second-order valence-corrected chi connectivity index (χ2v) is 7.49. The molecule has 1 aromatic carbocycles. The van der Waals surface area contributed by atoms with E-state index < -0.39 is 0 Å². The molecule has 0 bridgehead atoms. The average Bonchev–Trinajstić information content (AvgIpc) is 3.04. The summed E-state index contributed by atoms with van der Waals surface area (Å²) in [7, 11) is 0. The van der Waals surface area contributed by atoms with Gasteiger partial charge in [0.25, 0.3) is 5.91 Å². The lowest BCUT2D eigenvalue weighted by Crippen LogP contribution is -2.48. The van der Waals surface area contributed by atoms with Gasteiger partial charge in [0.2, 0.25) is 0 Å². The number of carbonyl (C=O) groups is 2. The Morgan fingerprint density at radius 2 is 1.67 bits per heavy atom. The number of H-pyrrole nitrogens is 1. The molecule has 0 spiro atoms. The summed E-state index contributed by atoms with van der Waals surface area (Å²) in [5.74, 6) is 0.435. The molecule has 1 aliphatic heterocycles. The molecule has 1 N–H and O–H groups in total. The van der Waals surface area contributed by atoms with E-state index in [0.717, 1.165) is 25.4 Å². The van der Waals surface area contributed by atoms with Crippen LogP contribution in [0.15, 0.2) is 24.3 Å². The van der Waals surface area contributed by atoms with Gasteiger partial charge in [0.15, 0.2) is 0 Å². The Morgan fingerprint density at radius 1 is 1.00 bits per heavy atom. The van der Waals surface area contributed by atoms with Crippen LogP contribution in [0.3, 0.4) is 0 Å². The Balaban J connectivity index is 1.59. The number of piperazine rings is 1. The number of benzene rings is 1. The molecule has 162 valence electrons. The number of hydrogen-bond donors (Lipinski definition) is 1. The number of esters is 1. The van der Waals surface area contributed by atoms with E-state index >= 15 is 0 Å². The highest BCUT2D eigenvalue weighted by Crippen LogP contribution is 2.21. The van der Waals surface area contributed by atoms with Crippen molar-refractivity contribution in [3.8, 4) is 5.75 Å². The van der Waals surface area contributed by atoms with Crippen molar-refractivity contribution in [3.63, 3.8) is 0 Å². The lowest BCUT2D eigenvalue weighted by Gasteiger charge is -2.34. The van der Waals surface area contributed by atoms with Crippen LogP contribution >= 0.6 is 0 Å². The lowest BCUT2D eigenvalue weighted by atomic mass is 10.1. The summed E-state index contributed by atoms with van der Waals surface area (Å²) in [5.41, 5.74) is 3.51. The van der Waals surface area contributed by atoms with Crippen LogP contribution < -0.4 is 4.74 Å². The van der Waals surface area contributed by atoms with Gasteiger partial charge in [-0.2, -0.15) is 0 Å². The number of nitrogens with zero attached hydrogens (tertiary/aromatic N) is 2. The van der Waals surface area contributed by atoms with Crippen molar-refractivity contribution >= 4 is 11.9 Å². The minimum atomic E-state index is -0.386. The molecule has 1 amide bonds. The van der Waals surface area contributed by atoms with Gasteiger partial charge in [-0.3, -0.25) is 9.69 Å². The van der Waals surface area contributed by atoms with Crippen molar-refractivity contribution in [2.45, 2.75) is 34.2 Å². The van der Waals surface area contributed by atoms with E-state index in [-0.39, 0.29) is 11.9 Å². The van der Waals surface area contributed by atoms with Crippen molar-refractivity contribution in [2.75, 3.05) is 39.4 Å². The third-order valence-corrected chi connectivity index (χ3v) is 5.43. The fourth-order valence-corrected chi connectivity index (χ4v) is 3.86. The first-order valence-corrected chi connectivity index (χ1v) is 10.5. The summed E-state index contributed by atoms with van der Waals surface area (Å²) >= 11 is 0. The molecule has 1 saturated heterocycles. The van der Waals surface area contributed by atoms with Crippen LogP contribution in [0.25, 0.3) is 0 Å². The molecule has 2 heterocycles. The van der Waals surface area contributed by atoms with E-state index in [0.29, 0.717) is 48.8 Å². The van der Waals surface area contributed by atoms with E-state index in [2.05, 4.69) is 22.0 Å². The van der Waals surface area contributed by atoms with Crippen LogP contribution in [0.4, 0.5) is 0 Å². The first-order valence-electron chi connectivity index (χ1n) is 10.5. The number of amides is 1. The highest BCUT2D eigenvalue weighted by molar-refractivity contribution is 6.00. The van der Waals surface area contributed by atoms with Crippen LogP contribution in [-0.2, 0) is 11.3 Å². The molecule has 7 heteroatoms. The number of aryl methyl sites for hydroxylation is 1. The predicted octanol–water partition coefficient (Wildman–Crippen LogP) is 3.16. The molecule has 1 aliphatic rings. The number of carbonyl (C=O) groups excluding carboxylic acids is 2. The summed E-state index contributed by atoms with van der Waals surface area (Å²) in [4.78, 5) is 32.5. The Kier molecular flexibility index (Phi) is 7.15. The van der Waals surface area contributed by atoms with Crippen molar-refractivity contribution in [3.05, 3.63) is 52.3 Å². The van der Waals surface area contributed by atoms with Gasteiger partial charge in [0, 0.05) is 38.4 Å². The van der Waals surface area contributed by atoms with Crippen LogP contribution in [-0.4, -0.2) is 66.1 Å². The summed E-state index contributed by atoms with van der Waals surface area (Å²) in [6.45, 7) is 12.1. The maximum atomic E-state index is 13.0. The molecule has 2 aromatic rings. The molecule has 7 nitrogen and oxygen atoms in total. The molecular formula is C23H31N3O4. The third-order valence-electron chi connectivity index (χ3n) is 5.43. The predicted molar refractivity (Wildman–Crippen MR) is 115 cm³/mol. The second kappa shape index (κ2) is 9.80. The smallest absolute Gasteiger partial charge is 0.340 e. The maximum absolute atomic E-state index is 13.0. The molecule has 0 atom stereocenters.